The Balaban J connectivity index is 0.00000312. The lowest BCUT2D eigenvalue weighted by atomic mass is 10.1. The van der Waals surface area contributed by atoms with Gasteiger partial charge in [0.05, 0.1) is 5.69 Å². The first-order valence-electron chi connectivity index (χ1n) is 8.12. The van der Waals surface area contributed by atoms with Crippen molar-refractivity contribution < 1.29 is 8.91 Å². The van der Waals surface area contributed by atoms with Crippen molar-refractivity contribution in [2.24, 2.45) is 4.99 Å². The smallest absolute Gasteiger partial charge is 0.190 e. The van der Waals surface area contributed by atoms with Gasteiger partial charge in [-0.05, 0) is 56.9 Å². The van der Waals surface area contributed by atoms with E-state index in [9.17, 15) is 4.39 Å². The van der Waals surface area contributed by atoms with Crippen LogP contribution in [0.4, 0.5) is 4.39 Å². The molecule has 0 aliphatic heterocycles. The van der Waals surface area contributed by atoms with Crippen molar-refractivity contribution in [1.29, 1.82) is 0 Å². The van der Waals surface area contributed by atoms with Crippen LogP contribution in [-0.2, 0) is 12.8 Å². The average molecular weight is 460 g/mol. The van der Waals surface area contributed by atoms with Gasteiger partial charge in [-0.2, -0.15) is 0 Å². The molecule has 0 saturated carbocycles. The van der Waals surface area contributed by atoms with Gasteiger partial charge in [0.25, 0.3) is 0 Å². The molecule has 1 aromatic carbocycles. The van der Waals surface area contributed by atoms with Crippen LogP contribution < -0.4 is 10.6 Å². The lowest BCUT2D eigenvalue weighted by Gasteiger charge is -2.12. The van der Waals surface area contributed by atoms with Gasteiger partial charge < -0.3 is 15.2 Å². The first kappa shape index (κ1) is 21.4. The lowest BCUT2D eigenvalue weighted by molar-refractivity contribution is 0.392. The number of hydrogen-bond acceptors (Lipinski definition) is 3. The number of nitrogens with one attached hydrogen (secondary N) is 2. The molecule has 0 saturated heterocycles. The first-order chi connectivity index (χ1) is 11.5. The van der Waals surface area contributed by atoms with Crippen molar-refractivity contribution in [2.75, 3.05) is 20.1 Å². The van der Waals surface area contributed by atoms with E-state index in [1.54, 1.807) is 13.1 Å². The second-order valence-electron chi connectivity index (χ2n) is 5.80. The van der Waals surface area contributed by atoms with Crippen molar-refractivity contribution in [3.8, 4) is 0 Å². The van der Waals surface area contributed by atoms with Gasteiger partial charge in [0.15, 0.2) is 5.96 Å². The zero-order valence-corrected chi connectivity index (χ0v) is 17.5. The molecule has 5 nitrogen and oxygen atoms in total. The summed E-state index contributed by atoms with van der Waals surface area (Å²) < 4.78 is 18.3. The summed E-state index contributed by atoms with van der Waals surface area (Å²) in [6.07, 6.45) is 1.65. The Morgan fingerprint density at radius 1 is 1.16 bits per heavy atom. The van der Waals surface area contributed by atoms with Crippen LogP contribution in [0.1, 0.15) is 28.1 Å². The summed E-state index contributed by atoms with van der Waals surface area (Å²) in [5, 5.41) is 10.5. The van der Waals surface area contributed by atoms with Gasteiger partial charge in [0, 0.05) is 25.7 Å². The summed E-state index contributed by atoms with van der Waals surface area (Å²) in [6.45, 7) is 7.28. The van der Waals surface area contributed by atoms with Crippen LogP contribution in [0.5, 0.6) is 0 Å². The molecule has 0 aliphatic rings. The minimum absolute atomic E-state index is 0. The monoisotopic (exact) mass is 460 g/mol. The van der Waals surface area contributed by atoms with E-state index in [-0.39, 0.29) is 29.8 Å². The summed E-state index contributed by atoms with van der Waals surface area (Å²) in [7, 11) is 1.74. The predicted molar refractivity (Wildman–Crippen MR) is 109 cm³/mol. The molecule has 138 valence electrons. The Labute approximate surface area is 165 Å². The number of guanidine groups is 1. The molecule has 2 aromatic rings. The highest BCUT2D eigenvalue weighted by atomic mass is 127. The van der Waals surface area contributed by atoms with Crippen molar-refractivity contribution in [2.45, 2.75) is 33.6 Å². The van der Waals surface area contributed by atoms with Gasteiger partial charge in [-0.15, -0.1) is 24.0 Å². The Bertz CT molecular complexity index is 696. The third-order valence-electron chi connectivity index (χ3n) is 4.06. The fraction of sp³-hybridized carbons (Fsp3) is 0.444. The lowest BCUT2D eigenvalue weighted by Crippen LogP contribution is -2.39. The Kier molecular flexibility index (Phi) is 8.88. The quantitative estimate of drug-likeness (QED) is 0.395. The molecule has 0 radical (unpaired) electrons. The maximum atomic E-state index is 13.1. The Morgan fingerprint density at radius 2 is 1.84 bits per heavy atom. The fourth-order valence-corrected chi connectivity index (χ4v) is 2.64. The van der Waals surface area contributed by atoms with Gasteiger partial charge in [0.2, 0.25) is 0 Å². The van der Waals surface area contributed by atoms with E-state index in [0.29, 0.717) is 0 Å². The second-order valence-corrected chi connectivity index (χ2v) is 5.80. The van der Waals surface area contributed by atoms with Gasteiger partial charge >= 0.3 is 0 Å². The zero-order valence-electron chi connectivity index (χ0n) is 15.1. The summed E-state index contributed by atoms with van der Waals surface area (Å²) in [5.41, 5.74) is 4.18. The maximum Gasteiger partial charge on any atom is 0.190 e. The van der Waals surface area contributed by atoms with Crippen LogP contribution in [-0.4, -0.2) is 31.3 Å². The summed E-state index contributed by atoms with van der Waals surface area (Å²) >= 11 is 0. The van der Waals surface area contributed by atoms with Crippen LogP contribution in [0.2, 0.25) is 0 Å². The third kappa shape index (κ3) is 6.30. The molecule has 0 atom stereocenters. The normalized spacial score (nSPS) is 11.2. The van der Waals surface area contributed by atoms with Crippen molar-refractivity contribution in [3.63, 3.8) is 0 Å². The highest BCUT2D eigenvalue weighted by molar-refractivity contribution is 14.0. The molecule has 1 heterocycles. The van der Waals surface area contributed by atoms with Crippen molar-refractivity contribution in [1.82, 2.24) is 15.8 Å². The number of halogens is 2. The molecule has 2 N–H and O–H groups in total. The number of benzene rings is 1. The summed E-state index contributed by atoms with van der Waals surface area (Å²) in [5.74, 6) is 1.42. The van der Waals surface area contributed by atoms with Crippen LogP contribution in [0.25, 0.3) is 0 Å². The molecule has 0 spiro atoms. The average Bonchev–Trinajstić information content (AvgIpc) is 2.87. The van der Waals surface area contributed by atoms with Crippen LogP contribution >= 0.6 is 24.0 Å². The summed E-state index contributed by atoms with van der Waals surface area (Å²) in [6, 6.07) is 4.89. The van der Waals surface area contributed by atoms with E-state index in [1.165, 1.54) is 6.07 Å². The molecule has 25 heavy (non-hydrogen) atoms. The van der Waals surface area contributed by atoms with Gasteiger partial charge in [-0.1, -0.05) is 11.2 Å². The minimum atomic E-state index is -0.194. The van der Waals surface area contributed by atoms with E-state index >= 15 is 0 Å². The van der Waals surface area contributed by atoms with E-state index in [2.05, 4.69) is 20.8 Å². The molecule has 0 bridgehead atoms. The number of aryl methyl sites for hydroxylation is 3. The number of rotatable bonds is 6. The minimum Gasteiger partial charge on any atom is -0.361 e. The standard InChI is InChI=1S/C18H25FN4O.HI/c1-12-11-16(19)6-5-15(12)7-9-21-18(20-4)22-10-8-17-13(2)23-24-14(17)3;/h5-6,11H,7-10H2,1-4H3,(H2,20,21,22);1H. The molecule has 7 heteroatoms. The second kappa shape index (κ2) is 10.4. The maximum absolute atomic E-state index is 13.1. The first-order valence-corrected chi connectivity index (χ1v) is 8.12. The molecular formula is C18H26FIN4O. The van der Waals surface area contributed by atoms with Crippen molar-refractivity contribution in [3.05, 3.63) is 52.2 Å². The molecule has 0 aliphatic carbocycles. The predicted octanol–water partition coefficient (Wildman–Crippen LogP) is 3.31. The molecule has 2 rings (SSSR count). The van der Waals surface area contributed by atoms with Crippen molar-refractivity contribution >= 4 is 29.9 Å². The number of nitrogens with zero attached hydrogens (tertiary/aromatic N) is 2. The van der Waals surface area contributed by atoms with Gasteiger partial charge in [-0.3, -0.25) is 4.99 Å². The number of hydrogen-bond donors (Lipinski definition) is 2. The van der Waals surface area contributed by atoms with Gasteiger partial charge in [-0.25, -0.2) is 4.39 Å². The van der Waals surface area contributed by atoms with Crippen LogP contribution in [0.3, 0.4) is 0 Å². The highest BCUT2D eigenvalue weighted by Gasteiger charge is 2.08. The zero-order chi connectivity index (χ0) is 17.5. The SMILES string of the molecule is CN=C(NCCc1ccc(F)cc1C)NCCc1c(C)noc1C.I. The number of aromatic nitrogens is 1. The molecule has 0 fully saturated rings. The van der Waals surface area contributed by atoms with E-state index in [0.717, 1.165) is 60.0 Å². The molecule has 1 aromatic heterocycles. The van der Waals surface area contributed by atoms with Gasteiger partial charge in [0.1, 0.15) is 11.6 Å². The Hall–Kier alpha value is -1.64. The molecule has 0 unspecified atom stereocenters. The van der Waals surface area contributed by atoms with E-state index < -0.39 is 0 Å². The molecule has 0 amide bonds. The largest absolute Gasteiger partial charge is 0.361 e. The van der Waals surface area contributed by atoms with Crippen LogP contribution in [0.15, 0.2) is 27.7 Å². The fourth-order valence-electron chi connectivity index (χ4n) is 2.64. The number of aliphatic imine (C=N–C) groups is 1. The third-order valence-corrected chi connectivity index (χ3v) is 4.06. The van der Waals surface area contributed by atoms with E-state index in [1.807, 2.05) is 26.8 Å². The highest BCUT2D eigenvalue weighted by Crippen LogP contribution is 2.12. The summed E-state index contributed by atoms with van der Waals surface area (Å²) in [4.78, 5) is 4.21. The van der Waals surface area contributed by atoms with Crippen LogP contribution in [0, 0.1) is 26.6 Å². The Morgan fingerprint density at radius 3 is 2.40 bits per heavy atom. The van der Waals surface area contributed by atoms with E-state index in [4.69, 9.17) is 4.52 Å². The molecular weight excluding hydrogens is 434 g/mol. The topological polar surface area (TPSA) is 62.5 Å².